The maximum Gasteiger partial charge on any atom is 0.254 e. The summed E-state index contributed by atoms with van der Waals surface area (Å²) in [5.74, 6) is -0.221. The molecule has 0 unspecified atom stereocenters. The van der Waals surface area contributed by atoms with Crippen LogP contribution in [0.25, 0.3) is 0 Å². The van der Waals surface area contributed by atoms with Gasteiger partial charge < -0.3 is 14.5 Å². The molecule has 1 aliphatic heterocycles. The number of nitrogens with zero attached hydrogens (tertiary/aromatic N) is 2. The van der Waals surface area contributed by atoms with Crippen LogP contribution in [-0.4, -0.2) is 42.5 Å². The third-order valence-corrected chi connectivity index (χ3v) is 4.45. The number of hydrogen-bond donors (Lipinski definition) is 0. The molecule has 2 amide bonds. The first kappa shape index (κ1) is 17.9. The Morgan fingerprint density at radius 2 is 1.92 bits per heavy atom. The summed E-state index contributed by atoms with van der Waals surface area (Å²) in [5.41, 5.74) is 1.02. The molecule has 6 heteroatoms. The molecule has 0 bridgehead atoms. The number of halogens is 1. The van der Waals surface area contributed by atoms with E-state index in [1.54, 1.807) is 17.9 Å². The first-order chi connectivity index (χ1) is 12.5. The van der Waals surface area contributed by atoms with E-state index in [0.29, 0.717) is 19.7 Å². The second-order valence-electron chi connectivity index (χ2n) is 6.10. The van der Waals surface area contributed by atoms with E-state index in [9.17, 15) is 14.0 Å². The Hall–Kier alpha value is -2.89. The highest BCUT2D eigenvalue weighted by Gasteiger charge is 2.35. The first-order valence-corrected chi connectivity index (χ1v) is 8.62. The first-order valence-electron chi connectivity index (χ1n) is 8.62. The van der Waals surface area contributed by atoms with Gasteiger partial charge in [0.1, 0.15) is 17.6 Å². The van der Waals surface area contributed by atoms with Crippen LogP contribution in [0, 0.1) is 5.82 Å². The molecule has 2 aromatic carbocycles. The minimum absolute atomic E-state index is 0.162. The third-order valence-electron chi connectivity index (χ3n) is 4.45. The lowest BCUT2D eigenvalue weighted by atomic mass is 10.1. The fraction of sp³-hybridized carbons (Fsp3) is 0.300. The molecular formula is C20H21FN2O3. The highest BCUT2D eigenvalue weighted by Crippen LogP contribution is 2.24. The topological polar surface area (TPSA) is 49.9 Å². The molecule has 0 spiro atoms. The second-order valence-corrected chi connectivity index (χ2v) is 6.10. The van der Waals surface area contributed by atoms with E-state index in [1.165, 1.54) is 23.1 Å². The lowest BCUT2D eigenvalue weighted by molar-refractivity contribution is -0.124. The average Bonchev–Trinajstić information content (AvgIpc) is 2.64. The average molecular weight is 356 g/mol. The summed E-state index contributed by atoms with van der Waals surface area (Å²) >= 11 is 0. The number of piperazine rings is 1. The van der Waals surface area contributed by atoms with E-state index < -0.39 is 11.9 Å². The van der Waals surface area contributed by atoms with Gasteiger partial charge in [0.25, 0.3) is 5.91 Å². The van der Waals surface area contributed by atoms with E-state index in [0.717, 1.165) is 11.4 Å². The van der Waals surface area contributed by atoms with E-state index in [4.69, 9.17) is 4.74 Å². The predicted octanol–water partition coefficient (Wildman–Crippen LogP) is 3.10. The van der Waals surface area contributed by atoms with Crippen molar-refractivity contribution in [2.24, 2.45) is 0 Å². The van der Waals surface area contributed by atoms with Gasteiger partial charge in [-0.2, -0.15) is 0 Å². The van der Waals surface area contributed by atoms with Gasteiger partial charge in [0.05, 0.1) is 6.61 Å². The van der Waals surface area contributed by atoms with E-state index in [1.807, 2.05) is 31.2 Å². The molecule has 1 atom stereocenters. The Bertz CT molecular complexity index is 807. The van der Waals surface area contributed by atoms with Crippen molar-refractivity contribution >= 4 is 17.5 Å². The van der Waals surface area contributed by atoms with Crippen LogP contribution in [0.4, 0.5) is 10.1 Å². The van der Waals surface area contributed by atoms with Crippen LogP contribution >= 0.6 is 0 Å². The summed E-state index contributed by atoms with van der Waals surface area (Å²) in [6, 6.07) is 12.2. The summed E-state index contributed by atoms with van der Waals surface area (Å²) in [5, 5.41) is 0. The van der Waals surface area contributed by atoms with Crippen LogP contribution in [0.1, 0.15) is 24.2 Å². The predicted molar refractivity (Wildman–Crippen MR) is 96.9 cm³/mol. The largest absolute Gasteiger partial charge is 0.494 e. The number of rotatable bonds is 4. The highest BCUT2D eigenvalue weighted by atomic mass is 19.1. The lowest BCUT2D eigenvalue weighted by Gasteiger charge is -2.39. The van der Waals surface area contributed by atoms with Gasteiger partial charge in [-0.3, -0.25) is 9.59 Å². The maximum absolute atomic E-state index is 13.4. The summed E-state index contributed by atoms with van der Waals surface area (Å²) in [6.07, 6.45) is 0. The van der Waals surface area contributed by atoms with E-state index >= 15 is 0 Å². The molecule has 136 valence electrons. The van der Waals surface area contributed by atoms with Gasteiger partial charge in [0.2, 0.25) is 5.91 Å². The monoisotopic (exact) mass is 356 g/mol. The van der Waals surface area contributed by atoms with Gasteiger partial charge in [0.15, 0.2) is 0 Å². The number of hydrogen-bond acceptors (Lipinski definition) is 3. The Balaban J connectivity index is 1.75. The second kappa shape index (κ2) is 7.56. The van der Waals surface area contributed by atoms with Crippen LogP contribution < -0.4 is 9.64 Å². The lowest BCUT2D eigenvalue weighted by Crippen LogP contribution is -2.57. The van der Waals surface area contributed by atoms with Gasteiger partial charge in [-0.05, 0) is 56.3 Å². The number of amides is 2. The molecule has 3 rings (SSSR count). The molecule has 0 aliphatic carbocycles. The number of carbonyl (C=O) groups is 2. The standard InChI is InChI=1S/C20H21FN2O3/c1-3-26-18-9-7-17(8-10-18)23-12-11-22(14(2)19(23)24)20(25)15-5-4-6-16(21)13-15/h4-10,13-14H,3,11-12H2,1-2H3/t14-/m1/s1. The zero-order chi connectivity index (χ0) is 18.7. The summed E-state index contributed by atoms with van der Waals surface area (Å²) < 4.78 is 18.8. The molecular weight excluding hydrogens is 335 g/mol. The van der Waals surface area contributed by atoms with Gasteiger partial charge in [0, 0.05) is 24.3 Å². The van der Waals surface area contributed by atoms with E-state index in [-0.39, 0.29) is 17.4 Å². The fourth-order valence-electron chi connectivity index (χ4n) is 3.08. The summed E-state index contributed by atoms with van der Waals surface area (Å²) in [7, 11) is 0. The minimum Gasteiger partial charge on any atom is -0.494 e. The number of anilines is 1. The van der Waals surface area contributed by atoms with Crippen molar-refractivity contribution < 1.29 is 18.7 Å². The maximum atomic E-state index is 13.4. The Morgan fingerprint density at radius 1 is 1.19 bits per heavy atom. The quantitative estimate of drug-likeness (QED) is 0.846. The fourth-order valence-corrected chi connectivity index (χ4v) is 3.08. The molecule has 0 saturated carbocycles. The molecule has 5 nitrogen and oxygen atoms in total. The molecule has 0 aromatic heterocycles. The summed E-state index contributed by atoms with van der Waals surface area (Å²) in [6.45, 7) is 4.96. The number of ether oxygens (including phenoxy) is 1. The van der Waals surface area contributed by atoms with Crippen LogP contribution in [0.2, 0.25) is 0 Å². The molecule has 1 saturated heterocycles. The molecule has 0 N–H and O–H groups in total. The molecule has 0 radical (unpaired) electrons. The Morgan fingerprint density at radius 3 is 2.58 bits per heavy atom. The zero-order valence-electron chi connectivity index (χ0n) is 14.8. The number of benzene rings is 2. The van der Waals surface area contributed by atoms with Gasteiger partial charge in [-0.15, -0.1) is 0 Å². The third kappa shape index (κ3) is 3.54. The van der Waals surface area contributed by atoms with Gasteiger partial charge in [-0.1, -0.05) is 6.07 Å². The SMILES string of the molecule is CCOc1ccc(N2CCN(C(=O)c3cccc(F)c3)[C@H](C)C2=O)cc1. The smallest absolute Gasteiger partial charge is 0.254 e. The minimum atomic E-state index is -0.619. The van der Waals surface area contributed by atoms with Crippen LogP contribution in [-0.2, 0) is 4.79 Å². The normalized spacial score (nSPS) is 17.3. The highest BCUT2D eigenvalue weighted by molar-refractivity contribution is 6.03. The van der Waals surface area contributed by atoms with Crippen molar-refractivity contribution in [1.29, 1.82) is 0 Å². The van der Waals surface area contributed by atoms with Gasteiger partial charge >= 0.3 is 0 Å². The van der Waals surface area contributed by atoms with Crippen molar-refractivity contribution in [3.63, 3.8) is 0 Å². The van der Waals surface area contributed by atoms with Gasteiger partial charge in [-0.25, -0.2) is 4.39 Å². The molecule has 1 fully saturated rings. The van der Waals surface area contributed by atoms with Crippen molar-refractivity contribution in [3.05, 3.63) is 59.9 Å². The van der Waals surface area contributed by atoms with E-state index in [2.05, 4.69) is 0 Å². The molecule has 26 heavy (non-hydrogen) atoms. The zero-order valence-corrected chi connectivity index (χ0v) is 14.8. The van der Waals surface area contributed by atoms with Crippen molar-refractivity contribution in [2.75, 3.05) is 24.6 Å². The van der Waals surface area contributed by atoms with Crippen molar-refractivity contribution in [1.82, 2.24) is 4.90 Å². The Labute approximate surface area is 152 Å². The van der Waals surface area contributed by atoms with Crippen LogP contribution in [0.3, 0.4) is 0 Å². The summed E-state index contributed by atoms with van der Waals surface area (Å²) in [4.78, 5) is 28.6. The van der Waals surface area contributed by atoms with Crippen LogP contribution in [0.15, 0.2) is 48.5 Å². The Kier molecular flexibility index (Phi) is 5.21. The van der Waals surface area contributed by atoms with Crippen molar-refractivity contribution in [3.8, 4) is 5.75 Å². The molecule has 1 aliphatic rings. The van der Waals surface area contributed by atoms with Crippen LogP contribution in [0.5, 0.6) is 5.75 Å². The van der Waals surface area contributed by atoms with Crippen molar-refractivity contribution in [2.45, 2.75) is 19.9 Å². The molecule has 1 heterocycles. The molecule has 2 aromatic rings. The number of carbonyl (C=O) groups excluding carboxylic acids is 2.